The summed E-state index contributed by atoms with van der Waals surface area (Å²) in [6.45, 7) is 3.94. The van der Waals surface area contributed by atoms with Crippen LogP contribution in [0.5, 0.6) is 5.75 Å². The molecular weight excluding hydrogens is 372 g/mol. The maximum absolute atomic E-state index is 12.6. The molecule has 0 bridgehead atoms. The van der Waals surface area contributed by atoms with Crippen LogP contribution >= 0.6 is 11.6 Å². The molecule has 0 amide bonds. The first kappa shape index (κ1) is 19.0. The maximum atomic E-state index is 12.6. The summed E-state index contributed by atoms with van der Waals surface area (Å²) in [5.74, 6) is 0.926. The van der Waals surface area contributed by atoms with Gasteiger partial charge in [-0.1, -0.05) is 11.6 Å². The van der Waals surface area contributed by atoms with Gasteiger partial charge in [-0.15, -0.1) is 0 Å². The number of aryl methyl sites for hydroxylation is 1. The van der Waals surface area contributed by atoms with Gasteiger partial charge in [-0.05, 0) is 67.3 Å². The van der Waals surface area contributed by atoms with Crippen molar-refractivity contribution in [2.75, 3.05) is 31.6 Å². The van der Waals surface area contributed by atoms with Crippen LogP contribution in [0.25, 0.3) is 0 Å². The summed E-state index contributed by atoms with van der Waals surface area (Å²) in [4.78, 5) is 2.55. The summed E-state index contributed by atoms with van der Waals surface area (Å²) in [6.07, 6.45) is 0.951. The lowest BCUT2D eigenvalue weighted by atomic mass is 10.1. The van der Waals surface area contributed by atoms with Crippen LogP contribution in [0.15, 0.2) is 47.4 Å². The van der Waals surface area contributed by atoms with Crippen LogP contribution in [0.3, 0.4) is 0 Å². The van der Waals surface area contributed by atoms with E-state index in [0.717, 1.165) is 25.2 Å². The molecule has 5 nitrogen and oxygen atoms in total. The lowest BCUT2D eigenvalue weighted by molar-refractivity contribution is 0.414. The van der Waals surface area contributed by atoms with Crippen LogP contribution < -0.4 is 14.4 Å². The highest BCUT2D eigenvalue weighted by molar-refractivity contribution is 7.89. The molecule has 1 fully saturated rings. The number of nitrogens with one attached hydrogen (secondary N) is 1. The minimum Gasteiger partial charge on any atom is -0.497 e. The van der Waals surface area contributed by atoms with Gasteiger partial charge in [-0.25, -0.2) is 13.1 Å². The first-order chi connectivity index (χ1) is 12.4. The summed E-state index contributed by atoms with van der Waals surface area (Å²) in [7, 11) is -1.97. The molecule has 0 aromatic heterocycles. The molecular formula is C19H23ClN2O3S. The number of nitrogens with zero attached hydrogens (tertiary/aromatic N) is 1. The topological polar surface area (TPSA) is 58.6 Å². The molecule has 1 atom stereocenters. The number of halogens is 1. The van der Waals surface area contributed by atoms with Crippen molar-refractivity contribution in [2.45, 2.75) is 18.2 Å². The van der Waals surface area contributed by atoms with Gasteiger partial charge in [0.25, 0.3) is 0 Å². The Morgan fingerprint density at radius 1 is 1.23 bits per heavy atom. The highest BCUT2D eigenvalue weighted by Crippen LogP contribution is 2.26. The number of rotatable bonds is 6. The summed E-state index contributed by atoms with van der Waals surface area (Å²) in [5, 5.41) is 0.715. The van der Waals surface area contributed by atoms with E-state index in [1.54, 1.807) is 32.2 Å². The van der Waals surface area contributed by atoms with Crippen LogP contribution in [-0.2, 0) is 10.0 Å². The van der Waals surface area contributed by atoms with E-state index in [9.17, 15) is 8.42 Å². The van der Waals surface area contributed by atoms with E-state index in [4.69, 9.17) is 16.3 Å². The molecule has 1 aliphatic heterocycles. The molecule has 1 heterocycles. The third-order valence-corrected chi connectivity index (χ3v) is 6.55. The van der Waals surface area contributed by atoms with Gasteiger partial charge >= 0.3 is 0 Å². The zero-order valence-electron chi connectivity index (χ0n) is 14.9. The number of benzene rings is 2. The molecule has 7 heteroatoms. The molecule has 0 radical (unpaired) electrons. The second-order valence-electron chi connectivity index (χ2n) is 6.56. The Bertz CT molecular complexity index is 869. The van der Waals surface area contributed by atoms with E-state index in [2.05, 4.69) is 9.62 Å². The quantitative estimate of drug-likeness (QED) is 0.815. The minimum absolute atomic E-state index is 0.277. The monoisotopic (exact) mass is 394 g/mol. The van der Waals surface area contributed by atoms with Crippen LogP contribution in [0.2, 0.25) is 5.02 Å². The molecule has 2 aromatic carbocycles. The largest absolute Gasteiger partial charge is 0.497 e. The Morgan fingerprint density at radius 2 is 1.96 bits per heavy atom. The van der Waals surface area contributed by atoms with E-state index < -0.39 is 10.0 Å². The second kappa shape index (κ2) is 7.86. The summed E-state index contributed by atoms with van der Waals surface area (Å²) >= 11 is 5.93. The Labute approximate surface area is 160 Å². The first-order valence-corrected chi connectivity index (χ1v) is 10.4. The third-order valence-electron chi connectivity index (χ3n) is 4.71. The van der Waals surface area contributed by atoms with Gasteiger partial charge < -0.3 is 9.64 Å². The van der Waals surface area contributed by atoms with E-state index in [1.807, 2.05) is 24.3 Å². The molecule has 1 unspecified atom stereocenters. The van der Waals surface area contributed by atoms with Gasteiger partial charge in [0.05, 0.1) is 12.0 Å². The first-order valence-electron chi connectivity index (χ1n) is 8.54. The van der Waals surface area contributed by atoms with Gasteiger partial charge in [0.1, 0.15) is 5.75 Å². The van der Waals surface area contributed by atoms with Crippen LogP contribution in [0, 0.1) is 12.8 Å². The van der Waals surface area contributed by atoms with Crippen molar-refractivity contribution >= 4 is 27.3 Å². The third kappa shape index (κ3) is 4.31. The van der Waals surface area contributed by atoms with Crippen LogP contribution in [-0.4, -0.2) is 35.2 Å². The zero-order valence-corrected chi connectivity index (χ0v) is 16.5. The van der Waals surface area contributed by atoms with Gasteiger partial charge in [0.2, 0.25) is 10.0 Å². The van der Waals surface area contributed by atoms with Crippen molar-refractivity contribution < 1.29 is 13.2 Å². The number of anilines is 1. The highest BCUT2D eigenvalue weighted by Gasteiger charge is 2.25. The lowest BCUT2D eigenvalue weighted by Crippen LogP contribution is -2.31. The normalized spacial score (nSPS) is 17.5. The number of methoxy groups -OCH3 is 1. The summed E-state index contributed by atoms with van der Waals surface area (Å²) in [5.41, 5.74) is 1.79. The fraction of sp³-hybridized carbons (Fsp3) is 0.368. The summed E-state index contributed by atoms with van der Waals surface area (Å²) < 4.78 is 33.1. The predicted octanol–water partition coefficient (Wildman–Crippen LogP) is 3.46. The molecule has 2 aromatic rings. The standard InChI is InChI=1S/C19H23ClN2O3S/c1-14-11-18(25-2)7-8-19(14)26(23,24)21-12-15-9-10-22(13-15)17-5-3-16(20)4-6-17/h3-8,11,15,21H,9-10,12-13H2,1-2H3. The van der Waals surface area contributed by atoms with E-state index in [1.165, 1.54) is 0 Å². The molecule has 140 valence electrons. The zero-order chi connectivity index (χ0) is 18.7. The molecule has 0 aliphatic carbocycles. The SMILES string of the molecule is COc1ccc(S(=O)(=O)NCC2CCN(c3ccc(Cl)cc3)C2)c(C)c1. The minimum atomic E-state index is -3.53. The van der Waals surface area contributed by atoms with Crippen molar-refractivity contribution in [2.24, 2.45) is 5.92 Å². The molecule has 1 saturated heterocycles. The van der Waals surface area contributed by atoms with Crippen LogP contribution in [0.4, 0.5) is 5.69 Å². The number of hydrogen-bond acceptors (Lipinski definition) is 4. The fourth-order valence-electron chi connectivity index (χ4n) is 3.24. The Morgan fingerprint density at radius 3 is 2.62 bits per heavy atom. The number of ether oxygens (including phenoxy) is 1. The van der Waals surface area contributed by atoms with Crippen molar-refractivity contribution in [3.05, 3.63) is 53.1 Å². The van der Waals surface area contributed by atoms with Gasteiger partial charge in [0, 0.05) is 30.3 Å². The molecule has 1 aliphatic rings. The average Bonchev–Trinajstić information content (AvgIpc) is 3.09. The van der Waals surface area contributed by atoms with E-state index >= 15 is 0 Å². The molecule has 26 heavy (non-hydrogen) atoms. The molecule has 3 rings (SSSR count). The Hall–Kier alpha value is -1.76. The van der Waals surface area contributed by atoms with E-state index in [-0.39, 0.29) is 5.92 Å². The lowest BCUT2D eigenvalue weighted by Gasteiger charge is -2.19. The van der Waals surface area contributed by atoms with Crippen molar-refractivity contribution in [1.82, 2.24) is 4.72 Å². The van der Waals surface area contributed by atoms with Crippen LogP contribution in [0.1, 0.15) is 12.0 Å². The van der Waals surface area contributed by atoms with Crippen molar-refractivity contribution in [3.8, 4) is 5.75 Å². The Balaban J connectivity index is 1.61. The Kier molecular flexibility index (Phi) is 5.75. The smallest absolute Gasteiger partial charge is 0.240 e. The average molecular weight is 395 g/mol. The van der Waals surface area contributed by atoms with E-state index in [0.29, 0.717) is 27.8 Å². The molecule has 0 saturated carbocycles. The van der Waals surface area contributed by atoms with Crippen molar-refractivity contribution in [1.29, 1.82) is 0 Å². The van der Waals surface area contributed by atoms with Gasteiger partial charge in [0.15, 0.2) is 0 Å². The molecule has 1 N–H and O–H groups in total. The molecule has 0 spiro atoms. The highest BCUT2D eigenvalue weighted by atomic mass is 35.5. The number of sulfonamides is 1. The van der Waals surface area contributed by atoms with Gasteiger partial charge in [-0.2, -0.15) is 0 Å². The summed E-state index contributed by atoms with van der Waals surface area (Å²) in [6, 6.07) is 12.7. The second-order valence-corrected chi connectivity index (χ2v) is 8.73. The number of hydrogen-bond donors (Lipinski definition) is 1. The maximum Gasteiger partial charge on any atom is 0.240 e. The predicted molar refractivity (Wildman–Crippen MR) is 105 cm³/mol. The van der Waals surface area contributed by atoms with Gasteiger partial charge in [-0.3, -0.25) is 0 Å². The van der Waals surface area contributed by atoms with Crippen molar-refractivity contribution in [3.63, 3.8) is 0 Å². The fourth-order valence-corrected chi connectivity index (χ4v) is 4.71.